The van der Waals surface area contributed by atoms with Crippen molar-refractivity contribution in [1.82, 2.24) is 5.32 Å². The molecule has 4 unspecified atom stereocenters. The predicted octanol–water partition coefficient (Wildman–Crippen LogP) is 3.02. The normalized spacial score (nSPS) is 25.8. The summed E-state index contributed by atoms with van der Waals surface area (Å²) in [5.74, 6) is 0.599. The second-order valence-electron chi connectivity index (χ2n) is 6.20. The first kappa shape index (κ1) is 15.0. The van der Waals surface area contributed by atoms with E-state index >= 15 is 0 Å². The zero-order valence-corrected chi connectivity index (χ0v) is 12.5. The highest BCUT2D eigenvalue weighted by Gasteiger charge is 2.26. The summed E-state index contributed by atoms with van der Waals surface area (Å²) in [6.45, 7) is 4.18. The third-order valence-corrected chi connectivity index (χ3v) is 4.42. The largest absolute Gasteiger partial charge is 0.353 e. The molecule has 1 amide bonds. The van der Waals surface area contributed by atoms with Gasteiger partial charge in [0.05, 0.1) is 5.92 Å². The van der Waals surface area contributed by atoms with Crippen molar-refractivity contribution in [2.75, 3.05) is 0 Å². The number of hydrogen-bond acceptors (Lipinski definition) is 2. The maximum Gasteiger partial charge on any atom is 0.224 e. The lowest BCUT2D eigenvalue weighted by Gasteiger charge is -2.29. The van der Waals surface area contributed by atoms with Crippen molar-refractivity contribution >= 4 is 5.91 Å². The fourth-order valence-corrected chi connectivity index (χ4v) is 3.02. The Morgan fingerprint density at radius 2 is 2.00 bits per heavy atom. The molecule has 4 atom stereocenters. The molecule has 1 aromatic rings. The van der Waals surface area contributed by atoms with E-state index in [1.165, 1.54) is 12.8 Å². The van der Waals surface area contributed by atoms with E-state index in [0.29, 0.717) is 12.0 Å². The van der Waals surface area contributed by atoms with E-state index in [0.717, 1.165) is 18.4 Å². The van der Waals surface area contributed by atoms with Crippen LogP contribution in [-0.2, 0) is 4.79 Å². The summed E-state index contributed by atoms with van der Waals surface area (Å²) in [6.07, 6.45) is 4.69. The summed E-state index contributed by atoms with van der Waals surface area (Å²) < 4.78 is 0. The van der Waals surface area contributed by atoms with Crippen LogP contribution in [0.1, 0.15) is 51.1 Å². The summed E-state index contributed by atoms with van der Waals surface area (Å²) in [6, 6.07) is 9.94. The monoisotopic (exact) mass is 274 g/mol. The molecule has 0 heterocycles. The van der Waals surface area contributed by atoms with Gasteiger partial charge in [-0.2, -0.15) is 0 Å². The number of hydrogen-bond donors (Lipinski definition) is 2. The number of carbonyl (C=O) groups is 1. The number of rotatable bonds is 4. The standard InChI is InChI=1S/C17H26N2O/c1-12-7-6-10-15(11-12)19-17(20)13(2)16(18)14-8-4-3-5-9-14/h3-5,8-9,12-13,15-16H,6-7,10-11,18H2,1-2H3,(H,19,20). The van der Waals surface area contributed by atoms with Crippen molar-refractivity contribution < 1.29 is 4.79 Å². The number of nitrogens with two attached hydrogens (primary N) is 1. The Morgan fingerprint density at radius 3 is 2.65 bits per heavy atom. The zero-order chi connectivity index (χ0) is 14.5. The van der Waals surface area contributed by atoms with Crippen LogP contribution in [0.4, 0.5) is 0 Å². The minimum Gasteiger partial charge on any atom is -0.353 e. The van der Waals surface area contributed by atoms with Gasteiger partial charge in [0.1, 0.15) is 0 Å². The first-order valence-corrected chi connectivity index (χ1v) is 7.69. The van der Waals surface area contributed by atoms with E-state index in [9.17, 15) is 4.79 Å². The number of benzene rings is 1. The Hall–Kier alpha value is -1.35. The van der Waals surface area contributed by atoms with E-state index in [2.05, 4.69) is 12.2 Å². The van der Waals surface area contributed by atoms with Gasteiger partial charge in [0.15, 0.2) is 0 Å². The molecule has 1 aromatic carbocycles. The van der Waals surface area contributed by atoms with Crippen molar-refractivity contribution in [2.45, 2.75) is 51.6 Å². The first-order chi connectivity index (χ1) is 9.58. The van der Waals surface area contributed by atoms with Crippen LogP contribution in [0.25, 0.3) is 0 Å². The molecule has 0 spiro atoms. The highest BCUT2D eigenvalue weighted by molar-refractivity contribution is 5.79. The summed E-state index contributed by atoms with van der Waals surface area (Å²) in [5, 5.41) is 3.18. The van der Waals surface area contributed by atoms with Gasteiger partial charge in [-0.25, -0.2) is 0 Å². The molecule has 0 aliphatic heterocycles. The lowest BCUT2D eigenvalue weighted by Crippen LogP contribution is -2.43. The molecule has 2 rings (SSSR count). The van der Waals surface area contributed by atoms with Gasteiger partial charge in [0.25, 0.3) is 0 Å². The topological polar surface area (TPSA) is 55.1 Å². The maximum atomic E-state index is 12.3. The smallest absolute Gasteiger partial charge is 0.224 e. The van der Waals surface area contributed by atoms with Gasteiger partial charge >= 0.3 is 0 Å². The highest BCUT2D eigenvalue weighted by atomic mass is 16.1. The van der Waals surface area contributed by atoms with Gasteiger partial charge in [-0.15, -0.1) is 0 Å². The van der Waals surface area contributed by atoms with Crippen LogP contribution >= 0.6 is 0 Å². The van der Waals surface area contributed by atoms with Crippen molar-refractivity contribution in [3.63, 3.8) is 0 Å². The Labute approximate surface area is 121 Å². The van der Waals surface area contributed by atoms with Gasteiger partial charge in [-0.1, -0.05) is 57.0 Å². The van der Waals surface area contributed by atoms with Crippen LogP contribution in [0, 0.1) is 11.8 Å². The molecular weight excluding hydrogens is 248 g/mol. The Balaban J connectivity index is 1.91. The van der Waals surface area contributed by atoms with Crippen LogP contribution in [0.3, 0.4) is 0 Å². The van der Waals surface area contributed by atoms with Crippen molar-refractivity contribution in [3.05, 3.63) is 35.9 Å². The molecular formula is C17H26N2O. The van der Waals surface area contributed by atoms with Crippen molar-refractivity contribution in [1.29, 1.82) is 0 Å². The Kier molecular flexibility index (Phi) is 5.18. The van der Waals surface area contributed by atoms with Gasteiger partial charge in [-0.3, -0.25) is 4.79 Å². The predicted molar refractivity (Wildman–Crippen MR) is 82.1 cm³/mol. The highest BCUT2D eigenvalue weighted by Crippen LogP contribution is 2.25. The quantitative estimate of drug-likeness (QED) is 0.886. The molecule has 0 aromatic heterocycles. The summed E-state index contributed by atoms with van der Waals surface area (Å²) in [4.78, 5) is 12.3. The zero-order valence-electron chi connectivity index (χ0n) is 12.5. The average molecular weight is 274 g/mol. The van der Waals surface area contributed by atoms with Crippen LogP contribution in [-0.4, -0.2) is 11.9 Å². The van der Waals surface area contributed by atoms with E-state index in [1.807, 2.05) is 37.3 Å². The first-order valence-electron chi connectivity index (χ1n) is 7.69. The van der Waals surface area contributed by atoms with E-state index in [4.69, 9.17) is 5.73 Å². The fourth-order valence-electron chi connectivity index (χ4n) is 3.02. The molecule has 1 fully saturated rings. The van der Waals surface area contributed by atoms with E-state index in [1.54, 1.807) is 0 Å². The molecule has 1 aliphatic rings. The molecule has 0 bridgehead atoms. The van der Waals surface area contributed by atoms with Crippen molar-refractivity contribution in [2.24, 2.45) is 17.6 Å². The average Bonchev–Trinajstić information content (AvgIpc) is 2.46. The Bertz CT molecular complexity index is 432. The molecule has 110 valence electrons. The number of carbonyl (C=O) groups excluding carboxylic acids is 1. The third-order valence-electron chi connectivity index (χ3n) is 4.42. The minimum atomic E-state index is -0.239. The second-order valence-corrected chi connectivity index (χ2v) is 6.20. The molecule has 3 heteroatoms. The molecule has 3 N–H and O–H groups in total. The van der Waals surface area contributed by atoms with Crippen molar-refractivity contribution in [3.8, 4) is 0 Å². The second kappa shape index (κ2) is 6.89. The van der Waals surface area contributed by atoms with E-state index < -0.39 is 0 Å². The summed E-state index contributed by atoms with van der Waals surface area (Å²) >= 11 is 0. The van der Waals surface area contributed by atoms with Crippen LogP contribution in [0.15, 0.2) is 30.3 Å². The fraction of sp³-hybridized carbons (Fsp3) is 0.588. The maximum absolute atomic E-state index is 12.3. The molecule has 20 heavy (non-hydrogen) atoms. The number of nitrogens with one attached hydrogen (secondary N) is 1. The van der Waals surface area contributed by atoms with Crippen LogP contribution in [0.5, 0.6) is 0 Å². The van der Waals surface area contributed by atoms with Crippen LogP contribution in [0.2, 0.25) is 0 Å². The lowest BCUT2D eigenvalue weighted by molar-refractivity contribution is -0.126. The Morgan fingerprint density at radius 1 is 1.30 bits per heavy atom. The summed E-state index contributed by atoms with van der Waals surface area (Å²) in [5.41, 5.74) is 7.23. The summed E-state index contributed by atoms with van der Waals surface area (Å²) in [7, 11) is 0. The van der Waals surface area contributed by atoms with Crippen LogP contribution < -0.4 is 11.1 Å². The van der Waals surface area contributed by atoms with Gasteiger partial charge in [0, 0.05) is 12.1 Å². The molecule has 3 nitrogen and oxygen atoms in total. The minimum absolute atomic E-state index is 0.0838. The van der Waals surface area contributed by atoms with Gasteiger partial charge in [-0.05, 0) is 24.3 Å². The van der Waals surface area contributed by atoms with Gasteiger partial charge < -0.3 is 11.1 Å². The van der Waals surface area contributed by atoms with E-state index in [-0.39, 0.29) is 17.9 Å². The third kappa shape index (κ3) is 3.83. The molecule has 1 saturated carbocycles. The SMILES string of the molecule is CC1CCCC(NC(=O)C(C)C(N)c2ccccc2)C1. The number of amides is 1. The lowest BCUT2D eigenvalue weighted by atomic mass is 9.86. The molecule has 0 radical (unpaired) electrons. The van der Waals surface area contributed by atoms with Gasteiger partial charge in [0.2, 0.25) is 5.91 Å². The molecule has 1 aliphatic carbocycles. The molecule has 0 saturated heterocycles.